The van der Waals surface area contributed by atoms with Crippen molar-refractivity contribution in [2.24, 2.45) is 0 Å². The van der Waals surface area contributed by atoms with Gasteiger partial charge in [-0.2, -0.15) is 0 Å². The predicted octanol–water partition coefficient (Wildman–Crippen LogP) is 5.81. The topological polar surface area (TPSA) is 75.7 Å². The number of hydrogen-bond donors (Lipinski definition) is 1. The van der Waals surface area contributed by atoms with Gasteiger partial charge in [0, 0.05) is 28.7 Å². The van der Waals surface area contributed by atoms with Crippen molar-refractivity contribution in [2.75, 3.05) is 0 Å². The van der Waals surface area contributed by atoms with E-state index < -0.39 is 27.0 Å². The van der Waals surface area contributed by atoms with Crippen molar-refractivity contribution >= 4 is 39.1 Å². The van der Waals surface area contributed by atoms with Gasteiger partial charge < -0.3 is 4.74 Å². The molecule has 4 aliphatic rings. The van der Waals surface area contributed by atoms with Crippen LogP contribution in [0.4, 0.5) is 4.39 Å². The zero-order chi connectivity index (χ0) is 25.9. The summed E-state index contributed by atoms with van der Waals surface area (Å²) in [4.78, 5) is 15.1. The fraction of sp³-hybridized carbons (Fsp3) is 0.519. The molecular formula is C27H29Cl2FN2O4S. The molecule has 2 heterocycles. The molecule has 2 saturated heterocycles. The van der Waals surface area contributed by atoms with Gasteiger partial charge in [0.05, 0.1) is 10.8 Å². The number of sulfonamides is 1. The highest BCUT2D eigenvalue weighted by Gasteiger charge is 2.42. The lowest BCUT2D eigenvalue weighted by Gasteiger charge is -2.39. The van der Waals surface area contributed by atoms with Gasteiger partial charge in [-0.15, -0.1) is 0 Å². The number of benzene rings is 2. The van der Waals surface area contributed by atoms with Crippen LogP contribution in [-0.2, 0) is 16.6 Å². The molecule has 4 fully saturated rings. The molecule has 2 unspecified atom stereocenters. The number of hydrogen-bond acceptors (Lipinski definition) is 5. The molecule has 0 spiro atoms. The molecule has 2 saturated carbocycles. The van der Waals surface area contributed by atoms with Crippen molar-refractivity contribution in [2.45, 2.75) is 87.3 Å². The smallest absolute Gasteiger partial charge is 0.267 e. The van der Waals surface area contributed by atoms with Crippen LogP contribution in [-0.4, -0.2) is 42.7 Å². The third-order valence-electron chi connectivity index (χ3n) is 8.02. The van der Waals surface area contributed by atoms with Crippen LogP contribution < -0.4 is 9.46 Å². The Bertz CT molecular complexity index is 1310. The van der Waals surface area contributed by atoms with Crippen molar-refractivity contribution in [3.63, 3.8) is 0 Å². The minimum atomic E-state index is -3.74. The van der Waals surface area contributed by atoms with Crippen LogP contribution in [0.1, 0.15) is 78.8 Å². The van der Waals surface area contributed by atoms with Crippen LogP contribution >= 0.6 is 23.2 Å². The van der Waals surface area contributed by atoms with Gasteiger partial charge in [0.2, 0.25) is 10.0 Å². The first-order valence-electron chi connectivity index (χ1n) is 12.9. The summed E-state index contributed by atoms with van der Waals surface area (Å²) in [6.07, 6.45) is 6.95. The van der Waals surface area contributed by atoms with Crippen LogP contribution in [0.25, 0.3) is 0 Å². The Hall–Kier alpha value is -1.87. The summed E-state index contributed by atoms with van der Waals surface area (Å²) >= 11 is 12.3. The SMILES string of the molecule is O=C(NS(=O)(=O)C1CC1)c1cc(C2CC2)c(CN2C3CC[C@@H]2CC(Oc2cc(Cl)cc(Cl)c2)C3)cc1F. The maximum atomic E-state index is 15.2. The minimum absolute atomic E-state index is 0.0578. The first-order valence-corrected chi connectivity index (χ1v) is 15.2. The van der Waals surface area contributed by atoms with E-state index in [1.54, 1.807) is 24.3 Å². The molecule has 6 nitrogen and oxygen atoms in total. The van der Waals surface area contributed by atoms with E-state index in [-0.39, 0.29) is 17.6 Å². The fourth-order valence-corrected chi connectivity index (χ4v) is 7.72. The van der Waals surface area contributed by atoms with Gasteiger partial charge in [0.1, 0.15) is 17.7 Å². The number of halogens is 3. The molecule has 2 aliphatic heterocycles. The van der Waals surface area contributed by atoms with E-state index in [1.165, 1.54) is 6.07 Å². The number of fused-ring (bicyclic) bond motifs is 2. The first-order chi connectivity index (χ1) is 17.7. The molecule has 2 aromatic rings. The van der Waals surface area contributed by atoms with Crippen molar-refractivity contribution in [1.82, 2.24) is 9.62 Å². The van der Waals surface area contributed by atoms with Crippen LogP contribution in [0.15, 0.2) is 30.3 Å². The molecule has 0 radical (unpaired) electrons. The molecule has 3 atom stereocenters. The number of carbonyl (C=O) groups is 1. The Balaban J connectivity index is 1.18. The molecule has 2 bridgehead atoms. The summed E-state index contributed by atoms with van der Waals surface area (Å²) in [5.74, 6) is -0.595. The average molecular weight is 568 g/mol. The van der Waals surface area contributed by atoms with E-state index >= 15 is 4.39 Å². The average Bonchev–Trinajstić information content (AvgIpc) is 3.71. The van der Waals surface area contributed by atoms with Crippen LogP contribution in [0.2, 0.25) is 10.0 Å². The highest BCUT2D eigenvalue weighted by atomic mass is 35.5. The zero-order valence-electron chi connectivity index (χ0n) is 20.3. The lowest BCUT2D eigenvalue weighted by Crippen LogP contribution is -2.45. The van der Waals surface area contributed by atoms with E-state index in [9.17, 15) is 13.2 Å². The molecular weight excluding hydrogens is 538 g/mol. The summed E-state index contributed by atoms with van der Waals surface area (Å²) < 4.78 is 47.9. The van der Waals surface area contributed by atoms with Crippen LogP contribution in [0, 0.1) is 5.82 Å². The lowest BCUT2D eigenvalue weighted by molar-refractivity contribution is 0.0443. The molecule has 1 amide bonds. The van der Waals surface area contributed by atoms with E-state index in [1.807, 2.05) is 0 Å². The number of ether oxygens (including phenoxy) is 1. The van der Waals surface area contributed by atoms with Gasteiger partial charge in [-0.3, -0.25) is 9.69 Å². The Morgan fingerprint density at radius 3 is 2.22 bits per heavy atom. The molecule has 198 valence electrons. The van der Waals surface area contributed by atoms with Crippen molar-refractivity contribution in [3.05, 3.63) is 62.9 Å². The quantitative estimate of drug-likeness (QED) is 0.436. The molecule has 0 aromatic heterocycles. The summed E-state index contributed by atoms with van der Waals surface area (Å²) in [6, 6.07) is 8.91. The van der Waals surface area contributed by atoms with E-state index in [4.69, 9.17) is 27.9 Å². The van der Waals surface area contributed by atoms with Gasteiger partial charge >= 0.3 is 0 Å². The number of rotatable bonds is 8. The predicted molar refractivity (Wildman–Crippen MR) is 140 cm³/mol. The first kappa shape index (κ1) is 25.4. The van der Waals surface area contributed by atoms with Crippen molar-refractivity contribution < 1.29 is 22.3 Å². The Morgan fingerprint density at radius 2 is 1.62 bits per heavy atom. The molecule has 2 aromatic carbocycles. The van der Waals surface area contributed by atoms with Gasteiger partial charge in [0.15, 0.2) is 0 Å². The van der Waals surface area contributed by atoms with E-state index in [0.29, 0.717) is 47.3 Å². The number of piperidine rings is 1. The third kappa shape index (κ3) is 5.49. The largest absolute Gasteiger partial charge is 0.490 e. The van der Waals surface area contributed by atoms with E-state index in [2.05, 4.69) is 9.62 Å². The highest BCUT2D eigenvalue weighted by Crippen LogP contribution is 2.45. The van der Waals surface area contributed by atoms with Crippen LogP contribution in [0.5, 0.6) is 5.75 Å². The Labute approximate surface area is 226 Å². The van der Waals surface area contributed by atoms with Crippen molar-refractivity contribution in [1.29, 1.82) is 0 Å². The van der Waals surface area contributed by atoms with Gasteiger partial charge in [-0.1, -0.05) is 23.2 Å². The second kappa shape index (κ2) is 9.70. The monoisotopic (exact) mass is 566 g/mol. The van der Waals surface area contributed by atoms with Gasteiger partial charge in [0.25, 0.3) is 5.91 Å². The zero-order valence-corrected chi connectivity index (χ0v) is 22.6. The number of nitrogens with zero attached hydrogens (tertiary/aromatic N) is 1. The van der Waals surface area contributed by atoms with Crippen molar-refractivity contribution in [3.8, 4) is 5.75 Å². The second-order valence-corrected chi connectivity index (χ2v) is 13.7. The van der Waals surface area contributed by atoms with Gasteiger partial charge in [-0.25, -0.2) is 17.5 Å². The molecule has 6 rings (SSSR count). The summed E-state index contributed by atoms with van der Waals surface area (Å²) in [7, 11) is -3.74. The minimum Gasteiger partial charge on any atom is -0.490 e. The maximum absolute atomic E-state index is 15.2. The standard InChI is InChI=1S/C27H29Cl2FN2O4S/c28-17-8-18(29)10-21(9-17)36-22-11-19-3-4-20(12-22)32(19)14-16-7-26(30)25(13-24(16)15-1-2-15)27(33)31-37(34,35)23-5-6-23/h7-10,13,15,19-20,22-23H,1-6,11-12,14H2,(H,31,33)/t19-,20?,22?/m1/s1. The summed E-state index contributed by atoms with van der Waals surface area (Å²) in [5.41, 5.74) is 1.66. The molecule has 10 heteroatoms. The summed E-state index contributed by atoms with van der Waals surface area (Å²) in [6.45, 7) is 0.607. The Morgan fingerprint density at radius 1 is 0.973 bits per heavy atom. The summed E-state index contributed by atoms with van der Waals surface area (Å²) in [5, 5.41) is 0.541. The van der Waals surface area contributed by atoms with Gasteiger partial charge in [-0.05, 0) is 98.7 Å². The molecule has 2 aliphatic carbocycles. The molecule has 37 heavy (non-hydrogen) atoms. The van der Waals surface area contributed by atoms with Crippen LogP contribution in [0.3, 0.4) is 0 Å². The Kier molecular flexibility index (Phi) is 6.66. The second-order valence-electron chi connectivity index (χ2n) is 10.9. The number of nitrogens with one attached hydrogen (secondary N) is 1. The highest BCUT2D eigenvalue weighted by molar-refractivity contribution is 7.91. The number of amides is 1. The fourth-order valence-electron chi connectivity index (χ4n) is 5.93. The van der Waals surface area contributed by atoms with E-state index in [0.717, 1.165) is 49.7 Å². The lowest BCUT2D eigenvalue weighted by atomic mass is 9.95. The molecule has 1 N–H and O–H groups in total. The number of carbonyl (C=O) groups excluding carboxylic acids is 1. The normalized spacial score (nSPS) is 25.8. The maximum Gasteiger partial charge on any atom is 0.267 e. The third-order valence-corrected chi connectivity index (χ3v) is 10.3.